The third kappa shape index (κ3) is 2.97. The van der Waals surface area contributed by atoms with Crippen molar-refractivity contribution in [1.82, 2.24) is 19.3 Å². The van der Waals surface area contributed by atoms with Crippen molar-refractivity contribution in [3.63, 3.8) is 0 Å². The van der Waals surface area contributed by atoms with Gasteiger partial charge in [-0.3, -0.25) is 0 Å². The van der Waals surface area contributed by atoms with Crippen LogP contribution in [0.25, 0.3) is 0 Å². The van der Waals surface area contributed by atoms with Gasteiger partial charge in [0.1, 0.15) is 0 Å². The van der Waals surface area contributed by atoms with Gasteiger partial charge >= 0.3 is 5.97 Å². The molecule has 0 amide bonds. The summed E-state index contributed by atoms with van der Waals surface area (Å²) in [4.78, 5) is 11.6. The molecule has 8 nitrogen and oxygen atoms in total. The highest BCUT2D eigenvalue weighted by atomic mass is 32.2. The summed E-state index contributed by atoms with van der Waals surface area (Å²) in [7, 11) is -2.31. The van der Waals surface area contributed by atoms with E-state index in [9.17, 15) is 13.2 Å². The minimum atomic E-state index is -3.59. The van der Waals surface area contributed by atoms with Crippen LogP contribution in [0.4, 0.5) is 0 Å². The van der Waals surface area contributed by atoms with Crippen LogP contribution < -0.4 is 0 Å². The molecule has 2 aromatic rings. The molecule has 1 aliphatic heterocycles. The van der Waals surface area contributed by atoms with Gasteiger partial charge in [-0.05, 0) is 30.7 Å². The molecule has 0 N–H and O–H groups in total. The van der Waals surface area contributed by atoms with E-state index in [-0.39, 0.29) is 10.9 Å². The summed E-state index contributed by atoms with van der Waals surface area (Å²) in [5.41, 5.74) is 0.313. The molecule has 0 bridgehead atoms. The first kappa shape index (κ1) is 15.6. The molecule has 0 saturated carbocycles. The molecule has 3 rings (SSSR count). The Balaban J connectivity index is 1.78. The predicted octanol–water partition coefficient (Wildman–Crippen LogP) is 0.700. The predicted molar refractivity (Wildman–Crippen MR) is 80.2 cm³/mol. The second kappa shape index (κ2) is 6.09. The van der Waals surface area contributed by atoms with Gasteiger partial charge in [-0.1, -0.05) is 5.21 Å². The SMILES string of the molecule is COC(=O)c1ccc(S(=O)(=O)N2CC[C@@H](n3ccnn3)C2)cc1. The Bertz CT molecular complexity index is 787. The molecular formula is C14H16N4O4S. The lowest BCUT2D eigenvalue weighted by Gasteiger charge is -2.16. The van der Waals surface area contributed by atoms with E-state index in [1.54, 1.807) is 17.1 Å². The molecule has 2 heterocycles. The van der Waals surface area contributed by atoms with Crippen LogP contribution >= 0.6 is 0 Å². The number of nitrogens with zero attached hydrogens (tertiary/aromatic N) is 4. The van der Waals surface area contributed by atoms with Crippen LogP contribution in [0, 0.1) is 0 Å². The first-order valence-electron chi connectivity index (χ1n) is 7.06. The second-order valence-corrected chi connectivity index (χ2v) is 7.14. The Morgan fingerprint density at radius 1 is 1.30 bits per heavy atom. The van der Waals surface area contributed by atoms with E-state index in [1.807, 2.05) is 0 Å². The number of aromatic nitrogens is 3. The number of hydrogen-bond donors (Lipinski definition) is 0. The van der Waals surface area contributed by atoms with E-state index in [0.717, 1.165) is 0 Å². The van der Waals surface area contributed by atoms with Gasteiger partial charge in [-0.2, -0.15) is 4.31 Å². The number of sulfonamides is 1. The highest BCUT2D eigenvalue weighted by Crippen LogP contribution is 2.26. The maximum absolute atomic E-state index is 12.7. The molecule has 0 spiro atoms. The third-order valence-electron chi connectivity index (χ3n) is 3.85. The molecule has 1 aromatic carbocycles. The van der Waals surface area contributed by atoms with Crippen molar-refractivity contribution in [2.45, 2.75) is 17.4 Å². The summed E-state index contributed by atoms with van der Waals surface area (Å²) >= 11 is 0. The zero-order chi connectivity index (χ0) is 16.4. The molecular weight excluding hydrogens is 320 g/mol. The molecule has 23 heavy (non-hydrogen) atoms. The smallest absolute Gasteiger partial charge is 0.337 e. The van der Waals surface area contributed by atoms with E-state index in [1.165, 1.54) is 35.7 Å². The minimum absolute atomic E-state index is 0.0124. The average Bonchev–Trinajstić information content (AvgIpc) is 3.25. The summed E-state index contributed by atoms with van der Waals surface area (Å²) in [5, 5.41) is 7.67. The van der Waals surface area contributed by atoms with Crippen LogP contribution in [0.1, 0.15) is 22.8 Å². The zero-order valence-electron chi connectivity index (χ0n) is 12.5. The van der Waals surface area contributed by atoms with Gasteiger partial charge < -0.3 is 4.74 Å². The van der Waals surface area contributed by atoms with Crippen LogP contribution in [0.2, 0.25) is 0 Å². The average molecular weight is 336 g/mol. The molecule has 1 aromatic heterocycles. The zero-order valence-corrected chi connectivity index (χ0v) is 13.3. The van der Waals surface area contributed by atoms with Gasteiger partial charge in [0.05, 0.1) is 29.8 Å². The summed E-state index contributed by atoms with van der Waals surface area (Å²) < 4.78 is 33.0. The van der Waals surface area contributed by atoms with Crippen LogP contribution in [-0.4, -0.2) is 53.9 Å². The lowest BCUT2D eigenvalue weighted by Crippen LogP contribution is -2.29. The molecule has 9 heteroatoms. The first-order chi connectivity index (χ1) is 11.0. The molecule has 0 unspecified atom stereocenters. The van der Waals surface area contributed by atoms with Crippen molar-refractivity contribution in [2.75, 3.05) is 20.2 Å². The fraction of sp³-hybridized carbons (Fsp3) is 0.357. The quantitative estimate of drug-likeness (QED) is 0.763. The molecule has 0 aliphatic carbocycles. The summed E-state index contributed by atoms with van der Waals surface area (Å²) in [6.07, 6.45) is 3.98. The second-order valence-electron chi connectivity index (χ2n) is 5.20. The largest absolute Gasteiger partial charge is 0.465 e. The molecule has 1 saturated heterocycles. The molecule has 122 valence electrons. The van der Waals surface area contributed by atoms with Gasteiger partial charge in [0, 0.05) is 19.3 Å². The Labute approximate surface area is 133 Å². The molecule has 1 aliphatic rings. The van der Waals surface area contributed by atoms with Crippen LogP contribution in [0.3, 0.4) is 0 Å². The van der Waals surface area contributed by atoms with Gasteiger partial charge in [-0.15, -0.1) is 5.10 Å². The number of ether oxygens (including phenoxy) is 1. The van der Waals surface area contributed by atoms with Crippen molar-refractivity contribution >= 4 is 16.0 Å². The van der Waals surface area contributed by atoms with E-state index < -0.39 is 16.0 Å². The standard InChI is InChI=1S/C14H16N4O4S/c1-22-14(19)11-2-4-13(5-3-11)23(20,21)17-8-6-12(10-17)18-9-7-15-16-18/h2-5,7,9,12H,6,8,10H2,1H3/t12-/m1/s1. The van der Waals surface area contributed by atoms with Crippen molar-refractivity contribution in [2.24, 2.45) is 0 Å². The van der Waals surface area contributed by atoms with E-state index in [2.05, 4.69) is 15.0 Å². The lowest BCUT2D eigenvalue weighted by molar-refractivity contribution is 0.0600. The Morgan fingerprint density at radius 2 is 2.04 bits per heavy atom. The van der Waals surface area contributed by atoms with Crippen molar-refractivity contribution in [1.29, 1.82) is 0 Å². The van der Waals surface area contributed by atoms with Crippen molar-refractivity contribution < 1.29 is 17.9 Å². The monoisotopic (exact) mass is 336 g/mol. The highest BCUT2D eigenvalue weighted by molar-refractivity contribution is 7.89. The summed E-state index contributed by atoms with van der Waals surface area (Å²) in [6, 6.07) is 5.73. The van der Waals surface area contributed by atoms with Gasteiger partial charge in [0.25, 0.3) is 0 Å². The Kier molecular flexibility index (Phi) is 4.14. The number of esters is 1. The number of methoxy groups -OCH3 is 1. The third-order valence-corrected chi connectivity index (χ3v) is 5.73. The topological polar surface area (TPSA) is 94.4 Å². The summed E-state index contributed by atoms with van der Waals surface area (Å²) in [5.74, 6) is -0.499. The number of hydrogen-bond acceptors (Lipinski definition) is 6. The van der Waals surface area contributed by atoms with Gasteiger partial charge in [0.2, 0.25) is 10.0 Å². The maximum Gasteiger partial charge on any atom is 0.337 e. The number of benzene rings is 1. The van der Waals surface area contributed by atoms with Crippen LogP contribution in [0.5, 0.6) is 0 Å². The fourth-order valence-electron chi connectivity index (χ4n) is 2.59. The van der Waals surface area contributed by atoms with E-state index in [0.29, 0.717) is 25.1 Å². The molecule has 1 atom stereocenters. The number of carbonyl (C=O) groups excluding carboxylic acids is 1. The lowest BCUT2D eigenvalue weighted by atomic mass is 10.2. The van der Waals surface area contributed by atoms with E-state index >= 15 is 0 Å². The van der Waals surface area contributed by atoms with Gasteiger partial charge in [-0.25, -0.2) is 17.9 Å². The molecule has 0 radical (unpaired) electrons. The summed E-state index contributed by atoms with van der Waals surface area (Å²) in [6.45, 7) is 0.774. The van der Waals surface area contributed by atoms with Crippen LogP contribution in [-0.2, 0) is 14.8 Å². The van der Waals surface area contributed by atoms with Crippen molar-refractivity contribution in [3.05, 3.63) is 42.2 Å². The minimum Gasteiger partial charge on any atom is -0.465 e. The molecule has 1 fully saturated rings. The van der Waals surface area contributed by atoms with Gasteiger partial charge in [0.15, 0.2) is 0 Å². The first-order valence-corrected chi connectivity index (χ1v) is 8.50. The van der Waals surface area contributed by atoms with E-state index in [4.69, 9.17) is 0 Å². The number of carbonyl (C=O) groups is 1. The highest BCUT2D eigenvalue weighted by Gasteiger charge is 2.33. The Hall–Kier alpha value is -2.26. The van der Waals surface area contributed by atoms with Crippen molar-refractivity contribution in [3.8, 4) is 0 Å². The maximum atomic E-state index is 12.7. The number of rotatable bonds is 4. The van der Waals surface area contributed by atoms with Crippen LogP contribution in [0.15, 0.2) is 41.6 Å². The Morgan fingerprint density at radius 3 is 2.65 bits per heavy atom. The normalized spacial score (nSPS) is 18.9. The fourth-order valence-corrected chi connectivity index (χ4v) is 4.08.